The van der Waals surface area contributed by atoms with Crippen molar-refractivity contribution in [2.45, 2.75) is 19.0 Å². The summed E-state index contributed by atoms with van der Waals surface area (Å²) in [5.41, 5.74) is 1.78. The van der Waals surface area contributed by atoms with E-state index in [1.807, 2.05) is 28.8 Å². The van der Waals surface area contributed by atoms with Crippen LogP contribution in [0.5, 0.6) is 0 Å². The minimum Gasteiger partial charge on any atom is -0.339 e. The summed E-state index contributed by atoms with van der Waals surface area (Å²) in [6.45, 7) is 1.20. The Kier molecular flexibility index (Phi) is 3.76. The normalized spacial score (nSPS) is 21.2. The molecule has 2 aromatic rings. The summed E-state index contributed by atoms with van der Waals surface area (Å²) < 4.78 is 1.83. The number of imide groups is 1. The minimum atomic E-state index is -0.195. The van der Waals surface area contributed by atoms with E-state index in [-0.39, 0.29) is 35.4 Å². The second-order valence-electron chi connectivity index (χ2n) is 5.96. The number of imidazole rings is 1. The quantitative estimate of drug-likeness (QED) is 0.840. The Bertz CT molecular complexity index is 818. The van der Waals surface area contributed by atoms with Gasteiger partial charge in [0.25, 0.3) is 5.24 Å². The first-order chi connectivity index (χ1) is 11.6. The highest BCUT2D eigenvalue weighted by Gasteiger charge is 2.40. The molecule has 0 radical (unpaired) electrons. The second-order valence-corrected chi connectivity index (χ2v) is 6.89. The molecule has 3 heterocycles. The molecule has 2 aliphatic heterocycles. The van der Waals surface area contributed by atoms with Gasteiger partial charge >= 0.3 is 0 Å². The SMILES string of the molecule is O=C(Cn1cnc2ccccc21)N1CCC(N2C(=O)CSC2=O)C1. The van der Waals surface area contributed by atoms with Gasteiger partial charge in [0.15, 0.2) is 0 Å². The molecule has 2 fully saturated rings. The van der Waals surface area contributed by atoms with Gasteiger partial charge in [-0.2, -0.15) is 0 Å². The fourth-order valence-electron chi connectivity index (χ4n) is 3.28. The van der Waals surface area contributed by atoms with E-state index < -0.39 is 0 Å². The van der Waals surface area contributed by atoms with Crippen LogP contribution in [0.3, 0.4) is 0 Å². The number of hydrogen-bond donors (Lipinski definition) is 0. The highest BCUT2D eigenvalue weighted by Crippen LogP contribution is 2.26. The Hall–Kier alpha value is -2.35. The number of fused-ring (bicyclic) bond motifs is 1. The van der Waals surface area contributed by atoms with E-state index in [1.165, 1.54) is 4.90 Å². The van der Waals surface area contributed by atoms with Crippen molar-refractivity contribution < 1.29 is 14.4 Å². The standard InChI is InChI=1S/C16H16N4O3S/c21-14(8-19-10-17-12-3-1-2-4-13(12)19)18-6-5-11(7-18)20-15(22)9-24-16(20)23/h1-4,10-11H,5-9H2. The van der Waals surface area contributed by atoms with Gasteiger partial charge in [-0.3, -0.25) is 19.3 Å². The molecule has 1 unspecified atom stereocenters. The molecule has 124 valence electrons. The average molecular weight is 344 g/mol. The number of benzene rings is 1. The number of likely N-dealkylation sites (tertiary alicyclic amines) is 1. The minimum absolute atomic E-state index is 0.0209. The maximum Gasteiger partial charge on any atom is 0.289 e. The fourth-order valence-corrected chi connectivity index (χ4v) is 4.05. The maximum atomic E-state index is 12.6. The third kappa shape index (κ3) is 2.56. The Morgan fingerprint density at radius 1 is 1.29 bits per heavy atom. The molecule has 8 heteroatoms. The summed E-state index contributed by atoms with van der Waals surface area (Å²) in [5.74, 6) is 0.0434. The fraction of sp³-hybridized carbons (Fsp3) is 0.375. The average Bonchev–Trinajstić information content (AvgIpc) is 3.28. The van der Waals surface area contributed by atoms with Crippen molar-refractivity contribution in [3.05, 3.63) is 30.6 Å². The van der Waals surface area contributed by atoms with Gasteiger partial charge in [-0.15, -0.1) is 0 Å². The Balaban J connectivity index is 1.44. The van der Waals surface area contributed by atoms with E-state index in [2.05, 4.69) is 4.98 Å². The second kappa shape index (κ2) is 5.94. The van der Waals surface area contributed by atoms with E-state index in [0.717, 1.165) is 22.8 Å². The number of thioether (sulfide) groups is 1. The molecular formula is C16H16N4O3S. The van der Waals surface area contributed by atoms with Crippen molar-refractivity contribution in [2.75, 3.05) is 18.8 Å². The van der Waals surface area contributed by atoms with Crippen LogP contribution < -0.4 is 0 Å². The van der Waals surface area contributed by atoms with Gasteiger partial charge in [0.1, 0.15) is 6.54 Å². The van der Waals surface area contributed by atoms with E-state index in [9.17, 15) is 14.4 Å². The van der Waals surface area contributed by atoms with Gasteiger partial charge in [-0.25, -0.2) is 4.98 Å². The van der Waals surface area contributed by atoms with Crippen molar-refractivity contribution in [1.29, 1.82) is 0 Å². The van der Waals surface area contributed by atoms with Crippen molar-refractivity contribution in [1.82, 2.24) is 19.4 Å². The van der Waals surface area contributed by atoms with Crippen LogP contribution >= 0.6 is 11.8 Å². The van der Waals surface area contributed by atoms with Crippen LogP contribution in [0.1, 0.15) is 6.42 Å². The van der Waals surface area contributed by atoms with Crippen LogP contribution in [0.4, 0.5) is 4.79 Å². The van der Waals surface area contributed by atoms with Crippen LogP contribution in [0.2, 0.25) is 0 Å². The van der Waals surface area contributed by atoms with Gasteiger partial charge < -0.3 is 9.47 Å². The van der Waals surface area contributed by atoms with Crippen LogP contribution in [-0.4, -0.2) is 61.3 Å². The first kappa shape index (κ1) is 15.2. The van der Waals surface area contributed by atoms with Crippen molar-refractivity contribution in [3.8, 4) is 0 Å². The molecular weight excluding hydrogens is 328 g/mol. The predicted octanol–water partition coefficient (Wildman–Crippen LogP) is 1.33. The van der Waals surface area contributed by atoms with Gasteiger partial charge in [0.05, 0.1) is 29.2 Å². The van der Waals surface area contributed by atoms with E-state index in [4.69, 9.17) is 0 Å². The summed E-state index contributed by atoms with van der Waals surface area (Å²) in [5, 5.41) is -0.195. The number of nitrogens with zero attached hydrogens (tertiary/aromatic N) is 4. The highest BCUT2D eigenvalue weighted by atomic mass is 32.2. The van der Waals surface area contributed by atoms with E-state index in [1.54, 1.807) is 11.2 Å². The lowest BCUT2D eigenvalue weighted by molar-refractivity contribution is -0.132. The number of hydrogen-bond acceptors (Lipinski definition) is 5. The number of amides is 3. The number of carbonyl (C=O) groups excluding carboxylic acids is 3. The zero-order chi connectivity index (χ0) is 16.7. The molecule has 0 aliphatic carbocycles. The van der Waals surface area contributed by atoms with Crippen LogP contribution in [-0.2, 0) is 16.1 Å². The zero-order valence-corrected chi connectivity index (χ0v) is 13.7. The number of rotatable bonds is 3. The predicted molar refractivity (Wildman–Crippen MR) is 89.4 cm³/mol. The highest BCUT2D eigenvalue weighted by molar-refractivity contribution is 8.14. The van der Waals surface area contributed by atoms with Crippen LogP contribution in [0.25, 0.3) is 11.0 Å². The molecule has 24 heavy (non-hydrogen) atoms. The molecule has 0 saturated carbocycles. The van der Waals surface area contributed by atoms with Crippen molar-refractivity contribution >= 4 is 39.8 Å². The van der Waals surface area contributed by atoms with Crippen molar-refractivity contribution in [3.63, 3.8) is 0 Å². The van der Waals surface area contributed by atoms with Crippen LogP contribution in [0, 0.1) is 0 Å². The topological polar surface area (TPSA) is 75.5 Å². The number of carbonyl (C=O) groups is 3. The first-order valence-electron chi connectivity index (χ1n) is 7.80. The molecule has 1 aromatic carbocycles. The molecule has 0 bridgehead atoms. The molecule has 2 saturated heterocycles. The van der Waals surface area contributed by atoms with Crippen molar-refractivity contribution in [2.24, 2.45) is 0 Å². The van der Waals surface area contributed by atoms with Crippen LogP contribution in [0.15, 0.2) is 30.6 Å². The summed E-state index contributed by atoms with van der Waals surface area (Å²) in [4.78, 5) is 43.5. The lowest BCUT2D eigenvalue weighted by Gasteiger charge is -2.22. The van der Waals surface area contributed by atoms with Gasteiger partial charge in [0, 0.05) is 13.1 Å². The molecule has 7 nitrogen and oxygen atoms in total. The lowest BCUT2D eigenvalue weighted by Crippen LogP contribution is -2.42. The van der Waals surface area contributed by atoms with E-state index in [0.29, 0.717) is 19.5 Å². The molecule has 2 aliphatic rings. The Morgan fingerprint density at radius 3 is 2.92 bits per heavy atom. The molecule has 1 atom stereocenters. The monoisotopic (exact) mass is 344 g/mol. The summed E-state index contributed by atoms with van der Waals surface area (Å²) in [7, 11) is 0. The first-order valence-corrected chi connectivity index (χ1v) is 8.78. The summed E-state index contributed by atoms with van der Waals surface area (Å²) in [6.07, 6.45) is 2.31. The Morgan fingerprint density at radius 2 is 2.12 bits per heavy atom. The largest absolute Gasteiger partial charge is 0.339 e. The number of aromatic nitrogens is 2. The molecule has 3 amide bonds. The summed E-state index contributed by atoms with van der Waals surface area (Å²) >= 11 is 1.04. The Labute approximate surface area is 142 Å². The summed E-state index contributed by atoms with van der Waals surface area (Å²) in [6, 6.07) is 7.47. The smallest absolute Gasteiger partial charge is 0.289 e. The van der Waals surface area contributed by atoms with E-state index >= 15 is 0 Å². The molecule has 0 spiro atoms. The van der Waals surface area contributed by atoms with Gasteiger partial charge in [0.2, 0.25) is 11.8 Å². The van der Waals surface area contributed by atoms with Gasteiger partial charge in [-0.1, -0.05) is 23.9 Å². The molecule has 4 rings (SSSR count). The zero-order valence-electron chi connectivity index (χ0n) is 12.9. The maximum absolute atomic E-state index is 12.6. The van der Waals surface area contributed by atoms with Gasteiger partial charge in [-0.05, 0) is 18.6 Å². The molecule has 1 aromatic heterocycles. The molecule has 0 N–H and O–H groups in total. The number of para-hydroxylation sites is 2. The third-order valence-corrected chi connectivity index (χ3v) is 5.33. The lowest BCUT2D eigenvalue weighted by atomic mass is 10.2. The third-order valence-electron chi connectivity index (χ3n) is 4.50.